The van der Waals surface area contributed by atoms with E-state index in [1.165, 1.54) is 37.4 Å². The summed E-state index contributed by atoms with van der Waals surface area (Å²) >= 11 is 0. The van der Waals surface area contributed by atoms with Crippen molar-refractivity contribution >= 4 is 5.78 Å². The van der Waals surface area contributed by atoms with E-state index in [0.29, 0.717) is 5.75 Å². The van der Waals surface area contributed by atoms with E-state index < -0.39 is 24.3 Å². The Labute approximate surface area is 126 Å². The van der Waals surface area contributed by atoms with Crippen molar-refractivity contribution in [2.45, 2.75) is 18.5 Å². The molecule has 0 saturated heterocycles. The van der Waals surface area contributed by atoms with Gasteiger partial charge in [0.25, 0.3) is 0 Å². The number of methoxy groups -OCH3 is 1. The lowest BCUT2D eigenvalue weighted by molar-refractivity contribution is -0.149. The number of carbonyl (C=O) groups excluding carboxylic acids is 1. The van der Waals surface area contributed by atoms with Crippen LogP contribution in [-0.2, 0) is 0 Å². The van der Waals surface area contributed by atoms with Gasteiger partial charge >= 0.3 is 6.18 Å². The maximum absolute atomic E-state index is 13.3. The molecule has 0 amide bonds. The van der Waals surface area contributed by atoms with Crippen molar-refractivity contribution in [2.75, 3.05) is 7.11 Å². The number of Topliss-reactive ketones (excluding diaryl/α,β-unsaturated/α-hetero) is 1. The van der Waals surface area contributed by atoms with Crippen LogP contribution in [0.25, 0.3) is 0 Å². The fraction of sp³-hybridized carbons (Fsp3) is 0.235. The van der Waals surface area contributed by atoms with Crippen LogP contribution in [0.2, 0.25) is 0 Å². The molecule has 0 aromatic heterocycles. The summed E-state index contributed by atoms with van der Waals surface area (Å²) in [5, 5.41) is 0. The Kier molecular flexibility index (Phi) is 4.85. The van der Waals surface area contributed by atoms with E-state index in [1.807, 2.05) is 0 Å². The number of carbonyl (C=O) groups is 1. The molecule has 2 rings (SSSR count). The molecular formula is C17H15F3O2. The second-order valence-electron chi connectivity index (χ2n) is 4.86. The van der Waals surface area contributed by atoms with Crippen molar-refractivity contribution in [3.63, 3.8) is 0 Å². The first-order valence-electron chi connectivity index (χ1n) is 6.70. The number of benzene rings is 2. The highest BCUT2D eigenvalue weighted by atomic mass is 19.4. The minimum absolute atomic E-state index is 0.0242. The summed E-state index contributed by atoms with van der Waals surface area (Å²) in [6.45, 7) is 0. The van der Waals surface area contributed by atoms with Gasteiger partial charge in [-0.1, -0.05) is 42.5 Å². The summed E-state index contributed by atoms with van der Waals surface area (Å²) in [5.41, 5.74) is 0.302. The molecule has 5 heteroatoms. The maximum Gasteiger partial charge on any atom is 0.396 e. The first kappa shape index (κ1) is 16.1. The van der Waals surface area contributed by atoms with Gasteiger partial charge < -0.3 is 4.74 Å². The predicted molar refractivity (Wildman–Crippen MR) is 77.2 cm³/mol. The minimum Gasteiger partial charge on any atom is -0.497 e. The van der Waals surface area contributed by atoms with Crippen LogP contribution in [0.4, 0.5) is 13.2 Å². The van der Waals surface area contributed by atoms with Gasteiger partial charge in [0.2, 0.25) is 0 Å². The Bertz CT molecular complexity index is 636. The molecule has 0 aliphatic rings. The van der Waals surface area contributed by atoms with Crippen LogP contribution >= 0.6 is 0 Å². The number of ether oxygens (including phenoxy) is 1. The third-order valence-corrected chi connectivity index (χ3v) is 3.38. The second-order valence-corrected chi connectivity index (χ2v) is 4.86. The number of hydrogen-bond donors (Lipinski definition) is 0. The van der Waals surface area contributed by atoms with Crippen LogP contribution in [-0.4, -0.2) is 19.1 Å². The van der Waals surface area contributed by atoms with Crippen LogP contribution in [0, 0.1) is 0 Å². The second kappa shape index (κ2) is 6.64. The Morgan fingerprint density at radius 1 is 1.09 bits per heavy atom. The molecule has 2 nitrogen and oxygen atoms in total. The monoisotopic (exact) mass is 308 g/mol. The molecule has 1 unspecified atom stereocenters. The molecule has 22 heavy (non-hydrogen) atoms. The van der Waals surface area contributed by atoms with E-state index in [0.717, 1.165) is 0 Å². The quantitative estimate of drug-likeness (QED) is 0.754. The van der Waals surface area contributed by atoms with Crippen LogP contribution < -0.4 is 4.74 Å². The molecule has 0 fully saturated rings. The number of halogens is 3. The lowest BCUT2D eigenvalue weighted by atomic mass is 9.91. The molecule has 0 heterocycles. The molecular weight excluding hydrogens is 293 g/mol. The van der Waals surface area contributed by atoms with Gasteiger partial charge in [0.15, 0.2) is 5.78 Å². The number of alkyl halides is 3. The molecule has 0 aliphatic carbocycles. The van der Waals surface area contributed by atoms with Crippen LogP contribution in [0.3, 0.4) is 0 Å². The largest absolute Gasteiger partial charge is 0.497 e. The lowest BCUT2D eigenvalue weighted by Gasteiger charge is -2.20. The molecule has 1 atom stereocenters. The Morgan fingerprint density at radius 2 is 1.77 bits per heavy atom. The fourth-order valence-electron chi connectivity index (χ4n) is 2.21. The zero-order valence-corrected chi connectivity index (χ0v) is 11.9. The average molecular weight is 308 g/mol. The van der Waals surface area contributed by atoms with E-state index in [9.17, 15) is 18.0 Å². The van der Waals surface area contributed by atoms with E-state index in [4.69, 9.17) is 4.74 Å². The molecule has 0 bridgehead atoms. The van der Waals surface area contributed by atoms with Gasteiger partial charge in [-0.2, -0.15) is 13.2 Å². The molecule has 116 valence electrons. The minimum atomic E-state index is -4.50. The standard InChI is InChI=1S/C17H15F3O2/c1-22-14-9-5-8-13(10-14)15(17(18,19)20)11-16(21)12-6-3-2-4-7-12/h2-10,15H,11H2,1H3. The molecule has 0 saturated carbocycles. The van der Waals surface area contributed by atoms with Crippen LogP contribution in [0.15, 0.2) is 54.6 Å². The SMILES string of the molecule is COc1cccc(C(CC(=O)c2ccccc2)C(F)(F)F)c1. The van der Waals surface area contributed by atoms with Crippen molar-refractivity contribution in [2.24, 2.45) is 0 Å². The Morgan fingerprint density at radius 3 is 2.36 bits per heavy atom. The van der Waals surface area contributed by atoms with Crippen molar-refractivity contribution in [1.29, 1.82) is 0 Å². The lowest BCUT2D eigenvalue weighted by Crippen LogP contribution is -2.23. The highest BCUT2D eigenvalue weighted by molar-refractivity contribution is 5.96. The molecule has 2 aromatic carbocycles. The van der Waals surface area contributed by atoms with Gasteiger partial charge in [-0.05, 0) is 17.7 Å². The maximum atomic E-state index is 13.3. The Hall–Kier alpha value is -2.30. The van der Waals surface area contributed by atoms with Gasteiger partial charge in [-0.3, -0.25) is 4.79 Å². The Balaban J connectivity index is 2.29. The summed E-state index contributed by atoms with van der Waals surface area (Å²) < 4.78 is 44.9. The fourth-order valence-corrected chi connectivity index (χ4v) is 2.21. The van der Waals surface area contributed by atoms with Gasteiger partial charge in [0.05, 0.1) is 13.0 Å². The van der Waals surface area contributed by atoms with E-state index in [1.54, 1.807) is 24.3 Å². The average Bonchev–Trinajstić information content (AvgIpc) is 2.52. The highest BCUT2D eigenvalue weighted by Crippen LogP contribution is 2.39. The summed E-state index contributed by atoms with van der Waals surface area (Å²) in [6, 6.07) is 13.7. The molecule has 0 N–H and O–H groups in total. The summed E-state index contributed by atoms with van der Waals surface area (Å²) in [4.78, 5) is 12.1. The van der Waals surface area contributed by atoms with Gasteiger partial charge in [-0.25, -0.2) is 0 Å². The molecule has 2 aromatic rings. The molecule has 0 radical (unpaired) electrons. The smallest absolute Gasteiger partial charge is 0.396 e. The van der Waals surface area contributed by atoms with E-state index in [2.05, 4.69) is 0 Å². The predicted octanol–water partition coefficient (Wildman–Crippen LogP) is 4.61. The topological polar surface area (TPSA) is 26.3 Å². The third-order valence-electron chi connectivity index (χ3n) is 3.38. The van der Waals surface area contributed by atoms with Gasteiger partial charge in [0, 0.05) is 12.0 Å². The van der Waals surface area contributed by atoms with Gasteiger partial charge in [0.1, 0.15) is 5.75 Å². The third kappa shape index (κ3) is 3.87. The number of ketones is 1. The number of hydrogen-bond acceptors (Lipinski definition) is 2. The van der Waals surface area contributed by atoms with Crippen LogP contribution in [0.1, 0.15) is 28.3 Å². The zero-order valence-electron chi connectivity index (χ0n) is 11.9. The molecule has 0 spiro atoms. The normalized spacial score (nSPS) is 12.7. The first-order valence-corrected chi connectivity index (χ1v) is 6.70. The van der Waals surface area contributed by atoms with Gasteiger partial charge in [-0.15, -0.1) is 0 Å². The molecule has 0 aliphatic heterocycles. The van der Waals surface area contributed by atoms with Crippen molar-refractivity contribution in [3.8, 4) is 5.75 Å². The summed E-state index contributed by atoms with van der Waals surface area (Å²) in [7, 11) is 1.39. The highest BCUT2D eigenvalue weighted by Gasteiger charge is 2.42. The van der Waals surface area contributed by atoms with E-state index >= 15 is 0 Å². The summed E-state index contributed by atoms with van der Waals surface area (Å²) in [6.07, 6.45) is -5.13. The van der Waals surface area contributed by atoms with Crippen molar-refractivity contribution < 1.29 is 22.7 Å². The van der Waals surface area contributed by atoms with Crippen LogP contribution in [0.5, 0.6) is 5.75 Å². The van der Waals surface area contributed by atoms with E-state index in [-0.39, 0.29) is 11.1 Å². The summed E-state index contributed by atoms with van der Waals surface area (Å²) in [5.74, 6) is -2.06. The zero-order chi connectivity index (χ0) is 16.2. The van der Waals surface area contributed by atoms with Crippen molar-refractivity contribution in [1.82, 2.24) is 0 Å². The first-order chi connectivity index (χ1) is 10.4. The number of rotatable bonds is 5. The van der Waals surface area contributed by atoms with Crippen molar-refractivity contribution in [3.05, 3.63) is 65.7 Å².